The third-order valence-corrected chi connectivity index (χ3v) is 4.37. The maximum absolute atomic E-state index is 12.4. The maximum atomic E-state index is 12.4. The van der Waals surface area contributed by atoms with Gasteiger partial charge in [0, 0.05) is 31.7 Å². The first-order chi connectivity index (χ1) is 12.6. The van der Waals surface area contributed by atoms with E-state index in [9.17, 15) is 14.7 Å². The van der Waals surface area contributed by atoms with Gasteiger partial charge in [-0.25, -0.2) is 0 Å². The zero-order valence-electron chi connectivity index (χ0n) is 14.5. The number of phenols is 1. The summed E-state index contributed by atoms with van der Waals surface area (Å²) in [6.45, 7) is 2.89. The second kappa shape index (κ2) is 8.49. The van der Waals surface area contributed by atoms with Crippen LogP contribution in [0, 0.1) is 0 Å². The highest BCUT2D eigenvalue weighted by Crippen LogP contribution is 2.13. The van der Waals surface area contributed by atoms with E-state index in [4.69, 9.17) is 4.74 Å². The van der Waals surface area contributed by atoms with Gasteiger partial charge in [-0.05, 0) is 29.8 Å². The SMILES string of the molecule is O=C(CN1CCN(C(=O)c2ccc(O)cc2)CC1)OCc1ccccc1. The van der Waals surface area contributed by atoms with Gasteiger partial charge in [-0.2, -0.15) is 0 Å². The lowest BCUT2D eigenvalue weighted by Gasteiger charge is -2.34. The average molecular weight is 354 g/mol. The van der Waals surface area contributed by atoms with Gasteiger partial charge in [0.05, 0.1) is 6.54 Å². The largest absolute Gasteiger partial charge is 0.508 e. The van der Waals surface area contributed by atoms with Crippen molar-refractivity contribution in [3.8, 4) is 5.75 Å². The number of amides is 1. The van der Waals surface area contributed by atoms with E-state index in [1.807, 2.05) is 35.2 Å². The Kier molecular flexibility index (Phi) is 5.86. The molecule has 0 radical (unpaired) electrons. The normalized spacial score (nSPS) is 14.8. The zero-order valence-corrected chi connectivity index (χ0v) is 14.5. The lowest BCUT2D eigenvalue weighted by atomic mass is 10.1. The summed E-state index contributed by atoms with van der Waals surface area (Å²) in [6.07, 6.45) is 0. The number of nitrogens with zero attached hydrogens (tertiary/aromatic N) is 2. The van der Waals surface area contributed by atoms with E-state index < -0.39 is 0 Å². The number of phenolic OH excluding ortho intramolecular Hbond substituents is 1. The Morgan fingerprint density at radius 1 is 0.923 bits per heavy atom. The Hall–Kier alpha value is -2.86. The van der Waals surface area contributed by atoms with Gasteiger partial charge < -0.3 is 14.7 Å². The van der Waals surface area contributed by atoms with E-state index in [2.05, 4.69) is 0 Å². The quantitative estimate of drug-likeness (QED) is 0.831. The van der Waals surface area contributed by atoms with Gasteiger partial charge in [-0.15, -0.1) is 0 Å². The van der Waals surface area contributed by atoms with E-state index in [1.165, 1.54) is 12.1 Å². The van der Waals surface area contributed by atoms with Crippen LogP contribution in [-0.4, -0.2) is 59.5 Å². The molecule has 0 aromatic heterocycles. The third-order valence-electron chi connectivity index (χ3n) is 4.37. The van der Waals surface area contributed by atoms with Crippen LogP contribution in [0.25, 0.3) is 0 Å². The Morgan fingerprint density at radius 3 is 2.23 bits per heavy atom. The van der Waals surface area contributed by atoms with E-state index in [0.717, 1.165) is 5.56 Å². The topological polar surface area (TPSA) is 70.1 Å². The fourth-order valence-corrected chi connectivity index (χ4v) is 2.86. The molecule has 2 aromatic carbocycles. The van der Waals surface area contributed by atoms with Crippen molar-refractivity contribution in [3.05, 3.63) is 65.7 Å². The molecule has 0 bridgehead atoms. The molecule has 6 heteroatoms. The van der Waals surface area contributed by atoms with E-state index in [1.54, 1.807) is 17.0 Å². The minimum atomic E-state index is -0.257. The molecule has 26 heavy (non-hydrogen) atoms. The smallest absolute Gasteiger partial charge is 0.320 e. The lowest BCUT2D eigenvalue weighted by Crippen LogP contribution is -2.50. The molecular weight excluding hydrogens is 332 g/mol. The van der Waals surface area contributed by atoms with Crippen LogP contribution in [0.5, 0.6) is 5.75 Å². The van der Waals surface area contributed by atoms with Crippen LogP contribution in [0.15, 0.2) is 54.6 Å². The predicted octanol–water partition coefficient (Wildman–Crippen LogP) is 1.89. The highest BCUT2D eigenvalue weighted by molar-refractivity contribution is 5.94. The number of ether oxygens (including phenoxy) is 1. The molecule has 0 atom stereocenters. The van der Waals surface area contributed by atoms with Crippen LogP contribution in [-0.2, 0) is 16.1 Å². The van der Waals surface area contributed by atoms with Crippen LogP contribution >= 0.6 is 0 Å². The van der Waals surface area contributed by atoms with Crippen LogP contribution in [0.1, 0.15) is 15.9 Å². The molecule has 1 heterocycles. The summed E-state index contributed by atoms with van der Waals surface area (Å²) in [5.41, 5.74) is 1.52. The fourth-order valence-electron chi connectivity index (χ4n) is 2.86. The van der Waals surface area contributed by atoms with Crippen molar-refractivity contribution in [2.75, 3.05) is 32.7 Å². The molecule has 3 rings (SSSR count). The number of hydrogen-bond donors (Lipinski definition) is 1. The Morgan fingerprint density at radius 2 is 1.58 bits per heavy atom. The molecule has 1 aliphatic rings. The van der Waals surface area contributed by atoms with Crippen LogP contribution in [0.2, 0.25) is 0 Å². The summed E-state index contributed by atoms with van der Waals surface area (Å²) in [6, 6.07) is 15.8. The van der Waals surface area contributed by atoms with E-state index in [0.29, 0.717) is 31.7 Å². The fraction of sp³-hybridized carbons (Fsp3) is 0.300. The van der Waals surface area contributed by atoms with E-state index >= 15 is 0 Å². The number of esters is 1. The summed E-state index contributed by atoms with van der Waals surface area (Å²) in [4.78, 5) is 28.2. The van der Waals surface area contributed by atoms with Gasteiger partial charge in [0.2, 0.25) is 0 Å². The molecule has 1 fully saturated rings. The van der Waals surface area contributed by atoms with Crippen molar-refractivity contribution in [1.29, 1.82) is 0 Å². The Labute approximate surface area is 152 Å². The van der Waals surface area contributed by atoms with Gasteiger partial charge in [0.1, 0.15) is 12.4 Å². The maximum Gasteiger partial charge on any atom is 0.320 e. The second-order valence-corrected chi connectivity index (χ2v) is 6.26. The second-order valence-electron chi connectivity index (χ2n) is 6.26. The Bertz CT molecular complexity index is 738. The number of carbonyl (C=O) groups excluding carboxylic acids is 2. The van der Waals surface area contributed by atoms with Crippen LogP contribution in [0.4, 0.5) is 0 Å². The molecule has 1 saturated heterocycles. The third kappa shape index (κ3) is 4.83. The molecular formula is C20H22N2O4. The first kappa shape index (κ1) is 17.9. The first-order valence-electron chi connectivity index (χ1n) is 8.62. The van der Waals surface area contributed by atoms with Gasteiger partial charge in [0.15, 0.2) is 0 Å². The number of aromatic hydroxyl groups is 1. The van der Waals surface area contributed by atoms with Gasteiger partial charge >= 0.3 is 5.97 Å². The highest BCUT2D eigenvalue weighted by atomic mass is 16.5. The van der Waals surface area contributed by atoms with Gasteiger partial charge in [-0.1, -0.05) is 30.3 Å². The summed E-state index contributed by atoms with van der Waals surface area (Å²) in [5.74, 6) is -0.177. The number of carbonyl (C=O) groups is 2. The lowest BCUT2D eigenvalue weighted by molar-refractivity contribution is -0.146. The minimum Gasteiger partial charge on any atom is -0.508 e. The molecule has 136 valence electrons. The molecule has 6 nitrogen and oxygen atoms in total. The van der Waals surface area contributed by atoms with Crippen molar-refractivity contribution in [3.63, 3.8) is 0 Å². The monoisotopic (exact) mass is 354 g/mol. The predicted molar refractivity (Wildman–Crippen MR) is 96.7 cm³/mol. The number of benzene rings is 2. The summed E-state index contributed by atoms with van der Waals surface area (Å²) < 4.78 is 5.30. The number of piperazine rings is 1. The molecule has 2 aromatic rings. The van der Waals surface area contributed by atoms with Gasteiger partial charge in [0.25, 0.3) is 5.91 Å². The van der Waals surface area contributed by atoms with Crippen molar-refractivity contribution in [2.45, 2.75) is 6.61 Å². The summed E-state index contributed by atoms with van der Waals surface area (Å²) in [7, 11) is 0. The number of hydrogen-bond acceptors (Lipinski definition) is 5. The standard InChI is InChI=1S/C20H22N2O4/c23-18-8-6-17(7-9-18)20(25)22-12-10-21(11-13-22)14-19(24)26-15-16-4-2-1-3-5-16/h1-9,23H,10-15H2. The zero-order chi connectivity index (χ0) is 18.4. The van der Waals surface area contributed by atoms with E-state index in [-0.39, 0.29) is 30.8 Å². The molecule has 0 saturated carbocycles. The minimum absolute atomic E-state index is 0.0590. The molecule has 1 N–H and O–H groups in total. The van der Waals surface area contributed by atoms with Crippen molar-refractivity contribution >= 4 is 11.9 Å². The van der Waals surface area contributed by atoms with Crippen LogP contribution < -0.4 is 0 Å². The first-order valence-corrected chi connectivity index (χ1v) is 8.62. The molecule has 0 unspecified atom stereocenters. The summed E-state index contributed by atoms with van der Waals surface area (Å²) in [5, 5.41) is 9.31. The molecule has 0 spiro atoms. The summed E-state index contributed by atoms with van der Waals surface area (Å²) >= 11 is 0. The van der Waals surface area contributed by atoms with Crippen LogP contribution in [0.3, 0.4) is 0 Å². The molecule has 0 aliphatic carbocycles. The number of rotatable bonds is 5. The van der Waals surface area contributed by atoms with Crippen molar-refractivity contribution < 1.29 is 19.4 Å². The van der Waals surface area contributed by atoms with Crippen molar-refractivity contribution in [1.82, 2.24) is 9.80 Å². The Balaban J connectivity index is 1.42. The molecule has 1 aliphatic heterocycles. The van der Waals surface area contributed by atoms with Gasteiger partial charge in [-0.3, -0.25) is 14.5 Å². The highest BCUT2D eigenvalue weighted by Gasteiger charge is 2.23. The van der Waals surface area contributed by atoms with Crippen molar-refractivity contribution in [2.24, 2.45) is 0 Å². The molecule has 1 amide bonds. The average Bonchev–Trinajstić information content (AvgIpc) is 2.68.